The molecule has 2 atom stereocenters. The lowest BCUT2D eigenvalue weighted by Crippen LogP contribution is -2.29. The number of amides is 1. The van der Waals surface area contributed by atoms with Crippen molar-refractivity contribution in [2.75, 3.05) is 13.1 Å². The quantitative estimate of drug-likeness (QED) is 0.374. The van der Waals surface area contributed by atoms with Gasteiger partial charge in [0.05, 0.1) is 0 Å². The molecule has 0 saturated carbocycles. The van der Waals surface area contributed by atoms with E-state index < -0.39 is 6.36 Å². The average molecular weight is 497 g/mol. The van der Waals surface area contributed by atoms with Crippen molar-refractivity contribution in [1.29, 1.82) is 0 Å². The molecule has 0 spiro atoms. The molecule has 4 nitrogen and oxygen atoms in total. The molecule has 0 aliphatic carbocycles. The first-order valence-corrected chi connectivity index (χ1v) is 12.3. The van der Waals surface area contributed by atoms with Gasteiger partial charge in [0.15, 0.2) is 0 Å². The van der Waals surface area contributed by atoms with Crippen LogP contribution in [0.15, 0.2) is 72.8 Å². The monoisotopic (exact) mass is 496 g/mol. The number of carbonyl (C=O) groups excluding carboxylic acids is 1. The fourth-order valence-corrected chi connectivity index (χ4v) is 4.77. The van der Waals surface area contributed by atoms with Gasteiger partial charge < -0.3 is 10.1 Å². The van der Waals surface area contributed by atoms with Crippen LogP contribution in [0.3, 0.4) is 0 Å². The van der Waals surface area contributed by atoms with Gasteiger partial charge in [-0.05, 0) is 86.2 Å². The largest absolute Gasteiger partial charge is 0.573 e. The summed E-state index contributed by atoms with van der Waals surface area (Å²) in [5.41, 5.74) is 4.55. The molecule has 1 amide bonds. The Morgan fingerprint density at radius 3 is 2.17 bits per heavy atom. The lowest BCUT2D eigenvalue weighted by Gasteiger charge is -2.29. The molecule has 1 fully saturated rings. The second kappa shape index (κ2) is 11.2. The molecule has 4 rings (SSSR count). The highest BCUT2D eigenvalue weighted by molar-refractivity contribution is 5.94. The summed E-state index contributed by atoms with van der Waals surface area (Å²) in [5.74, 6) is -0.434. The van der Waals surface area contributed by atoms with Crippen LogP contribution < -0.4 is 10.1 Å². The molecule has 7 heteroatoms. The number of ether oxygens (including phenoxy) is 1. The Hall–Kier alpha value is -3.32. The Bertz CT molecular complexity index is 1140. The molecule has 0 bridgehead atoms. The Labute approximate surface area is 210 Å². The van der Waals surface area contributed by atoms with E-state index in [1.807, 2.05) is 0 Å². The maximum absolute atomic E-state index is 12.5. The normalized spacial score (nSPS) is 17.1. The van der Waals surface area contributed by atoms with Crippen molar-refractivity contribution in [1.82, 2.24) is 10.2 Å². The Morgan fingerprint density at radius 1 is 1.00 bits per heavy atom. The predicted octanol–water partition coefficient (Wildman–Crippen LogP) is 6.77. The van der Waals surface area contributed by atoms with Gasteiger partial charge in [-0.3, -0.25) is 9.69 Å². The highest BCUT2D eigenvalue weighted by Crippen LogP contribution is 2.29. The number of nitrogens with one attached hydrogen (secondary N) is 1. The third-order valence-electron chi connectivity index (χ3n) is 6.83. The fraction of sp³-hybridized carbons (Fsp3) is 0.345. The maximum atomic E-state index is 12.5. The van der Waals surface area contributed by atoms with Crippen LogP contribution in [0.1, 0.15) is 54.2 Å². The van der Waals surface area contributed by atoms with Crippen LogP contribution in [0.25, 0.3) is 11.1 Å². The summed E-state index contributed by atoms with van der Waals surface area (Å²) in [5, 5.41) is 2.95. The summed E-state index contributed by atoms with van der Waals surface area (Å²) in [6.45, 7) is 6.24. The van der Waals surface area contributed by atoms with Gasteiger partial charge in [0.25, 0.3) is 5.91 Å². The van der Waals surface area contributed by atoms with Gasteiger partial charge in [-0.15, -0.1) is 13.2 Å². The standard InChI is InChI=1S/C29H31F3N2O2/c1-20-4-3-19-34(20)21(2)23-7-5-22(6-8-23)17-18-33-28(35)26-11-9-24(10-12-26)25-13-15-27(16-14-25)36-29(30,31)32/h5-16,20-21H,3-4,17-19H2,1-2H3,(H,33,35). The second-order valence-corrected chi connectivity index (χ2v) is 9.30. The highest BCUT2D eigenvalue weighted by atomic mass is 19.4. The number of hydrogen-bond acceptors (Lipinski definition) is 3. The molecule has 0 aromatic heterocycles. The Balaban J connectivity index is 1.26. The number of rotatable bonds is 8. The fourth-order valence-electron chi connectivity index (χ4n) is 4.77. The lowest BCUT2D eigenvalue weighted by molar-refractivity contribution is -0.274. The van der Waals surface area contributed by atoms with Crippen LogP contribution in [0.2, 0.25) is 0 Å². The molecule has 1 aliphatic rings. The van der Waals surface area contributed by atoms with Crippen molar-refractivity contribution in [2.45, 2.75) is 51.6 Å². The maximum Gasteiger partial charge on any atom is 0.573 e. The molecule has 1 saturated heterocycles. The third kappa shape index (κ3) is 6.66. The zero-order chi connectivity index (χ0) is 25.7. The number of nitrogens with zero attached hydrogens (tertiary/aromatic N) is 1. The van der Waals surface area contributed by atoms with Crippen LogP contribution >= 0.6 is 0 Å². The van der Waals surface area contributed by atoms with Gasteiger partial charge in [0.1, 0.15) is 5.75 Å². The van der Waals surface area contributed by atoms with Crippen molar-refractivity contribution in [3.8, 4) is 16.9 Å². The van der Waals surface area contributed by atoms with Crippen molar-refractivity contribution < 1.29 is 22.7 Å². The first-order valence-electron chi connectivity index (χ1n) is 12.3. The van der Waals surface area contributed by atoms with Crippen molar-refractivity contribution in [3.63, 3.8) is 0 Å². The molecule has 3 aromatic rings. The number of benzene rings is 3. The van der Waals surface area contributed by atoms with E-state index in [4.69, 9.17) is 0 Å². The van der Waals surface area contributed by atoms with Crippen LogP contribution in [0.4, 0.5) is 13.2 Å². The van der Waals surface area contributed by atoms with E-state index in [1.54, 1.807) is 36.4 Å². The molecule has 3 aromatic carbocycles. The van der Waals surface area contributed by atoms with E-state index in [0.717, 1.165) is 24.1 Å². The van der Waals surface area contributed by atoms with Crippen molar-refractivity contribution in [2.24, 2.45) is 0 Å². The first-order chi connectivity index (χ1) is 17.2. The van der Waals surface area contributed by atoms with Gasteiger partial charge in [-0.2, -0.15) is 0 Å². The number of halogens is 3. The first kappa shape index (κ1) is 25.8. The Kier molecular flexibility index (Phi) is 7.99. The number of likely N-dealkylation sites (tertiary alicyclic amines) is 1. The van der Waals surface area contributed by atoms with Crippen LogP contribution in [0, 0.1) is 0 Å². The topological polar surface area (TPSA) is 41.6 Å². The van der Waals surface area contributed by atoms with Crippen LogP contribution in [-0.4, -0.2) is 36.3 Å². The zero-order valence-electron chi connectivity index (χ0n) is 20.5. The van der Waals surface area contributed by atoms with Gasteiger partial charge in [0.2, 0.25) is 0 Å². The molecule has 0 radical (unpaired) electrons. The molecule has 1 aliphatic heterocycles. The van der Waals surface area contributed by atoms with Crippen molar-refractivity contribution in [3.05, 3.63) is 89.5 Å². The molecular formula is C29H31F3N2O2. The summed E-state index contributed by atoms with van der Waals surface area (Å²) >= 11 is 0. The summed E-state index contributed by atoms with van der Waals surface area (Å²) in [4.78, 5) is 15.1. The number of hydrogen-bond donors (Lipinski definition) is 1. The molecule has 1 N–H and O–H groups in total. The minimum atomic E-state index is -4.72. The van der Waals surface area contributed by atoms with E-state index >= 15 is 0 Å². The minimum absolute atomic E-state index is 0.163. The SMILES string of the molecule is CC1CCCN1C(C)c1ccc(CCNC(=O)c2ccc(-c3ccc(OC(F)(F)F)cc3)cc2)cc1. The lowest BCUT2D eigenvalue weighted by atomic mass is 10.0. The molecule has 36 heavy (non-hydrogen) atoms. The van der Waals surface area contributed by atoms with E-state index in [2.05, 4.69) is 53.1 Å². The smallest absolute Gasteiger partial charge is 0.406 e. The molecular weight excluding hydrogens is 465 g/mol. The van der Waals surface area contributed by atoms with E-state index in [0.29, 0.717) is 24.2 Å². The highest BCUT2D eigenvalue weighted by Gasteiger charge is 2.31. The predicted molar refractivity (Wildman–Crippen MR) is 135 cm³/mol. The molecule has 190 valence electrons. The summed E-state index contributed by atoms with van der Waals surface area (Å²) < 4.78 is 40.9. The van der Waals surface area contributed by atoms with Gasteiger partial charge >= 0.3 is 6.36 Å². The van der Waals surface area contributed by atoms with Crippen LogP contribution in [0.5, 0.6) is 5.75 Å². The van der Waals surface area contributed by atoms with Gasteiger partial charge in [-0.25, -0.2) is 0 Å². The van der Waals surface area contributed by atoms with Gasteiger partial charge in [0, 0.05) is 24.2 Å². The second-order valence-electron chi connectivity index (χ2n) is 9.30. The molecule has 1 heterocycles. The van der Waals surface area contributed by atoms with Crippen molar-refractivity contribution >= 4 is 5.91 Å². The Morgan fingerprint density at radius 2 is 1.61 bits per heavy atom. The van der Waals surface area contributed by atoms with E-state index in [1.165, 1.54) is 36.1 Å². The third-order valence-corrected chi connectivity index (χ3v) is 6.83. The minimum Gasteiger partial charge on any atom is -0.406 e. The average Bonchev–Trinajstić information content (AvgIpc) is 3.29. The zero-order valence-corrected chi connectivity index (χ0v) is 20.5. The number of carbonyl (C=O) groups is 1. The summed E-state index contributed by atoms with van der Waals surface area (Å²) in [6, 6.07) is 22.3. The summed E-state index contributed by atoms with van der Waals surface area (Å²) in [7, 11) is 0. The van der Waals surface area contributed by atoms with E-state index in [-0.39, 0.29) is 11.7 Å². The van der Waals surface area contributed by atoms with Gasteiger partial charge in [-0.1, -0.05) is 48.5 Å². The van der Waals surface area contributed by atoms with E-state index in [9.17, 15) is 18.0 Å². The molecule has 2 unspecified atom stereocenters. The summed E-state index contributed by atoms with van der Waals surface area (Å²) in [6.07, 6.45) is -1.45. The van der Waals surface area contributed by atoms with Crippen LogP contribution in [-0.2, 0) is 6.42 Å². The number of alkyl halides is 3.